The molecule has 0 spiro atoms. The van der Waals surface area contributed by atoms with E-state index >= 15 is 0 Å². The van der Waals surface area contributed by atoms with Crippen LogP contribution in [0.15, 0.2) is 30.3 Å². The van der Waals surface area contributed by atoms with E-state index < -0.39 is 29.6 Å². The van der Waals surface area contributed by atoms with Crippen molar-refractivity contribution in [2.24, 2.45) is 46.8 Å². The van der Waals surface area contributed by atoms with Crippen LogP contribution in [-0.2, 0) is 34.2 Å². The number of fused-ring (bicyclic) bond motifs is 1. The van der Waals surface area contributed by atoms with Gasteiger partial charge in [0.05, 0.1) is 30.3 Å². The highest BCUT2D eigenvalue weighted by Crippen LogP contribution is 2.63. The van der Waals surface area contributed by atoms with Crippen molar-refractivity contribution in [3.8, 4) is 0 Å². The van der Waals surface area contributed by atoms with Gasteiger partial charge in [-0.25, -0.2) is 0 Å². The zero-order chi connectivity index (χ0) is 25.6. The van der Waals surface area contributed by atoms with Crippen LogP contribution in [0.4, 0.5) is 0 Å². The summed E-state index contributed by atoms with van der Waals surface area (Å²) in [6.07, 6.45) is 7.82. The first-order valence-electron chi connectivity index (χ1n) is 15.0. The molecule has 8 fully saturated rings. The first-order chi connectivity index (χ1) is 18.4. The average Bonchev–Trinajstić information content (AvgIpc) is 3.53. The molecular formula is C31H38NO6+. The second-order valence-electron chi connectivity index (χ2n) is 13.7. The van der Waals surface area contributed by atoms with Crippen LogP contribution < -0.4 is 5.32 Å². The molecule has 8 aliphatic rings. The third kappa shape index (κ3) is 3.32. The third-order valence-corrected chi connectivity index (χ3v) is 11.6. The molecule has 7 nitrogen and oxygen atoms in total. The maximum absolute atomic E-state index is 14.0. The number of carbonyl (C=O) groups is 3. The number of benzene rings is 1. The summed E-state index contributed by atoms with van der Waals surface area (Å²) in [5, 5.41) is 2.26. The maximum atomic E-state index is 14.0. The summed E-state index contributed by atoms with van der Waals surface area (Å²) in [6, 6.07) is 10.0. The van der Waals surface area contributed by atoms with Crippen LogP contribution in [0.1, 0.15) is 63.4 Å². The highest BCUT2D eigenvalue weighted by atomic mass is 16.6. The van der Waals surface area contributed by atoms with Gasteiger partial charge in [-0.15, -0.1) is 0 Å². The molecule has 1 aromatic rings. The molecule has 2 aliphatic heterocycles. The van der Waals surface area contributed by atoms with E-state index in [1.54, 1.807) is 0 Å². The van der Waals surface area contributed by atoms with Crippen LogP contribution in [-0.4, -0.2) is 43.2 Å². The predicted molar refractivity (Wildman–Crippen MR) is 134 cm³/mol. The van der Waals surface area contributed by atoms with Crippen molar-refractivity contribution in [2.75, 3.05) is 13.1 Å². The third-order valence-electron chi connectivity index (χ3n) is 11.6. The smallest absolute Gasteiger partial charge is 0.312 e. The Balaban J connectivity index is 1.05. The molecule has 202 valence electrons. The molecule has 2 saturated heterocycles. The van der Waals surface area contributed by atoms with Crippen LogP contribution in [0.3, 0.4) is 0 Å². The highest BCUT2D eigenvalue weighted by Gasteiger charge is 2.71. The zero-order valence-corrected chi connectivity index (χ0v) is 21.9. The summed E-state index contributed by atoms with van der Waals surface area (Å²) in [6.45, 7) is 1.77. The number of rotatable bonds is 5. The van der Waals surface area contributed by atoms with Crippen LogP contribution in [0.25, 0.3) is 0 Å². The van der Waals surface area contributed by atoms with E-state index in [9.17, 15) is 14.4 Å². The number of piperidine rings is 1. The Morgan fingerprint density at radius 1 is 0.895 bits per heavy atom. The van der Waals surface area contributed by atoms with Gasteiger partial charge >= 0.3 is 17.9 Å². The van der Waals surface area contributed by atoms with Gasteiger partial charge in [-0.1, -0.05) is 30.3 Å². The minimum atomic E-state index is -0.678. The highest BCUT2D eigenvalue weighted by molar-refractivity contribution is 5.87. The monoisotopic (exact) mass is 520 g/mol. The Bertz CT molecular complexity index is 1120. The fourth-order valence-electron chi connectivity index (χ4n) is 10.5. The summed E-state index contributed by atoms with van der Waals surface area (Å²) in [7, 11) is 0. The van der Waals surface area contributed by atoms with Crippen molar-refractivity contribution < 1.29 is 33.9 Å². The Kier molecular flexibility index (Phi) is 5.12. The summed E-state index contributed by atoms with van der Waals surface area (Å²) in [5.74, 6) is -0.149. The molecule has 1 aromatic carbocycles. The molecule has 7 heteroatoms. The van der Waals surface area contributed by atoms with E-state index in [0.717, 1.165) is 50.8 Å². The van der Waals surface area contributed by atoms with Crippen molar-refractivity contribution >= 4 is 17.9 Å². The predicted octanol–water partition coefficient (Wildman–Crippen LogP) is 2.72. The van der Waals surface area contributed by atoms with Gasteiger partial charge in [0.2, 0.25) is 0 Å². The molecule has 0 radical (unpaired) electrons. The molecular weight excluding hydrogens is 482 g/mol. The van der Waals surface area contributed by atoms with E-state index in [2.05, 4.69) is 5.32 Å². The average molecular weight is 521 g/mol. The second kappa shape index (κ2) is 8.30. The number of quaternary nitrogens is 1. The Hall–Kier alpha value is -2.41. The number of esters is 3. The fraction of sp³-hybridized carbons (Fsp3) is 0.710. The first kappa shape index (κ1) is 23.5. The summed E-state index contributed by atoms with van der Waals surface area (Å²) < 4.78 is 18.6. The van der Waals surface area contributed by atoms with Gasteiger partial charge in [0.25, 0.3) is 0 Å². The van der Waals surface area contributed by atoms with E-state index in [4.69, 9.17) is 14.2 Å². The van der Waals surface area contributed by atoms with Crippen LogP contribution in [0.5, 0.6) is 0 Å². The summed E-state index contributed by atoms with van der Waals surface area (Å²) in [4.78, 5) is 40.8. The minimum Gasteiger partial charge on any atom is -0.458 e. The van der Waals surface area contributed by atoms with Gasteiger partial charge in [-0.3, -0.25) is 14.4 Å². The lowest BCUT2D eigenvalue weighted by Crippen LogP contribution is -2.87. The van der Waals surface area contributed by atoms with Crippen LogP contribution >= 0.6 is 0 Å². The molecule has 38 heavy (non-hydrogen) atoms. The Morgan fingerprint density at radius 3 is 2.21 bits per heavy atom. The van der Waals surface area contributed by atoms with Gasteiger partial charge in [0, 0.05) is 24.7 Å². The topological polar surface area (TPSA) is 95.5 Å². The van der Waals surface area contributed by atoms with E-state index in [-0.39, 0.29) is 35.2 Å². The number of carbonyl (C=O) groups excluding carboxylic acids is 3. The molecule has 0 amide bonds. The van der Waals surface area contributed by atoms with Gasteiger partial charge in [-0.05, 0) is 68.3 Å². The maximum Gasteiger partial charge on any atom is 0.312 e. The Morgan fingerprint density at radius 2 is 1.55 bits per heavy atom. The van der Waals surface area contributed by atoms with Crippen molar-refractivity contribution in [1.29, 1.82) is 0 Å². The number of nitrogens with two attached hydrogens (primary N) is 1. The van der Waals surface area contributed by atoms with Gasteiger partial charge in [0.1, 0.15) is 17.8 Å². The van der Waals surface area contributed by atoms with Crippen molar-refractivity contribution in [2.45, 2.75) is 75.6 Å². The number of hydrogen-bond donors (Lipinski definition) is 1. The standard InChI is InChI=1S/C31H37NO6/c33-27-23-21-13-22(24(23)28(34)38-31(6-8-32-9-7-31)20-4-2-1-3-5-20)26(25(21)36-27)37-29(35)30-14-17-10-18(15-30)12-19(11-17)16-30/h1-5,17-19,21-26,32H,6-16H2/p+1. The van der Waals surface area contributed by atoms with E-state index in [0.29, 0.717) is 24.2 Å². The largest absolute Gasteiger partial charge is 0.458 e. The van der Waals surface area contributed by atoms with Crippen LogP contribution in [0, 0.1) is 46.8 Å². The molecule has 6 saturated carbocycles. The van der Waals surface area contributed by atoms with E-state index in [1.807, 2.05) is 30.3 Å². The molecule has 2 heterocycles. The van der Waals surface area contributed by atoms with Crippen LogP contribution in [0.2, 0.25) is 0 Å². The number of hydrogen-bond acceptors (Lipinski definition) is 6. The summed E-state index contributed by atoms with van der Waals surface area (Å²) in [5.41, 5.74) is -0.0338. The molecule has 2 N–H and O–H groups in total. The molecule has 0 aromatic heterocycles. The Labute approximate surface area is 223 Å². The van der Waals surface area contributed by atoms with Crippen molar-refractivity contribution in [1.82, 2.24) is 0 Å². The quantitative estimate of drug-likeness (QED) is 0.474. The molecule has 6 aliphatic carbocycles. The lowest BCUT2D eigenvalue weighted by molar-refractivity contribution is -0.668. The first-order valence-corrected chi connectivity index (χ1v) is 15.0. The van der Waals surface area contributed by atoms with Crippen molar-refractivity contribution in [3.63, 3.8) is 0 Å². The van der Waals surface area contributed by atoms with Gasteiger partial charge < -0.3 is 19.5 Å². The van der Waals surface area contributed by atoms with Gasteiger partial charge in [0.15, 0.2) is 0 Å². The van der Waals surface area contributed by atoms with Gasteiger partial charge in [-0.2, -0.15) is 0 Å². The lowest BCUT2D eigenvalue weighted by Gasteiger charge is -2.55. The second-order valence-corrected chi connectivity index (χ2v) is 13.7. The number of ether oxygens (including phenoxy) is 3. The zero-order valence-electron chi connectivity index (χ0n) is 21.9. The molecule has 9 rings (SSSR count). The molecule has 6 atom stereocenters. The molecule has 6 unspecified atom stereocenters. The lowest BCUT2D eigenvalue weighted by atomic mass is 9.49. The fourth-order valence-corrected chi connectivity index (χ4v) is 10.5. The van der Waals surface area contributed by atoms with E-state index in [1.165, 1.54) is 19.3 Å². The normalized spacial score (nSPS) is 45.2. The minimum absolute atomic E-state index is 0.0634. The SMILES string of the molecule is O=C1OC2C3CC(C2OC(=O)C24CC5CC(CC(C5)C2)C4)C(C(=O)OC2(c4ccccc4)CC[NH2+]CC2)C13. The summed E-state index contributed by atoms with van der Waals surface area (Å²) >= 11 is 0. The van der Waals surface area contributed by atoms with Crippen molar-refractivity contribution in [3.05, 3.63) is 35.9 Å². The molecule has 6 bridgehead atoms.